The number of nitriles is 1. The lowest BCUT2D eigenvalue weighted by Gasteiger charge is -1.89. The predicted octanol–water partition coefficient (Wildman–Crippen LogP) is 0.328. The number of nitrogens with zero attached hydrogens (tertiary/aromatic N) is 5. The van der Waals surface area contributed by atoms with Crippen molar-refractivity contribution in [3.8, 4) is 17.6 Å². The molecule has 0 aliphatic heterocycles. The molecule has 6 heteroatoms. The van der Waals surface area contributed by atoms with E-state index in [1.54, 1.807) is 12.3 Å². The maximum Gasteiger partial charge on any atom is 0.199 e. The Hall–Kier alpha value is -2.29. The highest BCUT2D eigenvalue weighted by Gasteiger charge is 2.05. The summed E-state index contributed by atoms with van der Waals surface area (Å²) in [5.74, 6) is 1.03. The minimum absolute atomic E-state index is 0.220. The summed E-state index contributed by atoms with van der Waals surface area (Å²) < 4.78 is 0. The maximum atomic E-state index is 8.44. The van der Waals surface area contributed by atoms with Gasteiger partial charge in [0.2, 0.25) is 0 Å². The van der Waals surface area contributed by atoms with E-state index in [1.165, 1.54) is 6.33 Å². The molecule has 0 amide bonds. The highest BCUT2D eigenvalue weighted by molar-refractivity contribution is 5.46. The molecular weight excluding hydrogens is 180 g/mol. The minimum atomic E-state index is 0.220. The lowest BCUT2D eigenvalue weighted by Crippen LogP contribution is -1.86. The monoisotopic (exact) mass is 186 g/mol. The Labute approximate surface area is 79.7 Å². The second-order valence-electron chi connectivity index (χ2n) is 2.54. The zero-order valence-electron chi connectivity index (χ0n) is 7.18. The Balaban J connectivity index is 2.31. The van der Waals surface area contributed by atoms with Crippen LogP contribution < -0.4 is 0 Å². The Kier molecular flexibility index (Phi) is 2.15. The molecule has 0 unspecified atom stereocenters. The molecular formula is C8H6N6. The zero-order chi connectivity index (χ0) is 9.80. The minimum Gasteiger partial charge on any atom is -0.262 e. The Morgan fingerprint density at radius 3 is 3.14 bits per heavy atom. The molecule has 0 saturated heterocycles. The van der Waals surface area contributed by atoms with Crippen molar-refractivity contribution in [2.24, 2.45) is 0 Å². The van der Waals surface area contributed by atoms with E-state index in [0.717, 1.165) is 0 Å². The Morgan fingerprint density at radius 1 is 1.50 bits per heavy atom. The van der Waals surface area contributed by atoms with Gasteiger partial charge >= 0.3 is 0 Å². The molecule has 0 aromatic carbocycles. The van der Waals surface area contributed by atoms with Crippen LogP contribution in [-0.2, 0) is 6.42 Å². The molecule has 0 bridgehead atoms. The summed E-state index contributed by atoms with van der Waals surface area (Å²) in [6.07, 6.45) is 3.26. The van der Waals surface area contributed by atoms with Gasteiger partial charge in [-0.3, -0.25) is 5.10 Å². The van der Waals surface area contributed by atoms with E-state index >= 15 is 0 Å². The number of H-pyrrole nitrogens is 1. The van der Waals surface area contributed by atoms with Gasteiger partial charge in [0.05, 0.1) is 12.5 Å². The number of hydrogen-bond acceptors (Lipinski definition) is 5. The largest absolute Gasteiger partial charge is 0.262 e. The summed E-state index contributed by atoms with van der Waals surface area (Å²) in [5.41, 5.74) is 0.639. The van der Waals surface area contributed by atoms with Gasteiger partial charge in [-0.15, -0.1) is 0 Å². The van der Waals surface area contributed by atoms with E-state index in [4.69, 9.17) is 5.26 Å². The summed E-state index contributed by atoms with van der Waals surface area (Å²) in [6, 6.07) is 3.69. The van der Waals surface area contributed by atoms with E-state index < -0.39 is 0 Å². The standard InChI is InChI=1S/C8H6N6/c9-3-1-7-12-8(14-13-7)6-2-4-10-5-11-6/h2,4-5H,1H2,(H,12,13,14). The number of aromatic nitrogens is 5. The van der Waals surface area contributed by atoms with Gasteiger partial charge in [-0.25, -0.2) is 15.0 Å². The fourth-order valence-electron chi connectivity index (χ4n) is 0.987. The van der Waals surface area contributed by atoms with E-state index in [0.29, 0.717) is 17.3 Å². The van der Waals surface area contributed by atoms with Crippen LogP contribution in [0.3, 0.4) is 0 Å². The lowest BCUT2D eigenvalue weighted by atomic mass is 10.4. The normalized spacial score (nSPS) is 9.64. The van der Waals surface area contributed by atoms with Crippen LogP contribution in [-0.4, -0.2) is 25.1 Å². The van der Waals surface area contributed by atoms with Crippen LogP contribution in [0.1, 0.15) is 5.82 Å². The first kappa shape index (κ1) is 8.31. The lowest BCUT2D eigenvalue weighted by molar-refractivity contribution is 0.995. The van der Waals surface area contributed by atoms with Crippen molar-refractivity contribution in [2.45, 2.75) is 6.42 Å². The molecule has 1 N–H and O–H groups in total. The van der Waals surface area contributed by atoms with Crippen LogP contribution in [0.5, 0.6) is 0 Å². The molecule has 0 spiro atoms. The topological polar surface area (TPSA) is 91.1 Å². The van der Waals surface area contributed by atoms with Crippen molar-refractivity contribution in [3.05, 3.63) is 24.4 Å². The molecule has 0 aliphatic carbocycles. The van der Waals surface area contributed by atoms with Crippen LogP contribution >= 0.6 is 0 Å². The third-order valence-electron chi connectivity index (χ3n) is 1.59. The second kappa shape index (κ2) is 3.62. The number of aromatic amines is 1. The van der Waals surface area contributed by atoms with Crippen LogP contribution in [0.15, 0.2) is 18.6 Å². The molecule has 0 fully saturated rings. The molecule has 0 saturated carbocycles. The molecule has 0 aliphatic rings. The van der Waals surface area contributed by atoms with Crippen LogP contribution in [0.2, 0.25) is 0 Å². The maximum absolute atomic E-state index is 8.44. The van der Waals surface area contributed by atoms with Crippen molar-refractivity contribution in [1.29, 1.82) is 5.26 Å². The summed E-state index contributed by atoms with van der Waals surface area (Å²) in [5, 5.41) is 15.0. The second-order valence-corrected chi connectivity index (χ2v) is 2.54. The number of rotatable bonds is 2. The summed E-state index contributed by atoms with van der Waals surface area (Å²) in [6.45, 7) is 0. The summed E-state index contributed by atoms with van der Waals surface area (Å²) in [4.78, 5) is 11.9. The van der Waals surface area contributed by atoms with Crippen LogP contribution in [0.25, 0.3) is 11.5 Å². The summed E-state index contributed by atoms with van der Waals surface area (Å²) in [7, 11) is 0. The quantitative estimate of drug-likeness (QED) is 0.729. The summed E-state index contributed by atoms with van der Waals surface area (Å²) >= 11 is 0. The highest BCUT2D eigenvalue weighted by Crippen LogP contribution is 2.08. The van der Waals surface area contributed by atoms with Crippen molar-refractivity contribution < 1.29 is 0 Å². The van der Waals surface area contributed by atoms with E-state index in [1.807, 2.05) is 6.07 Å². The smallest absolute Gasteiger partial charge is 0.199 e. The van der Waals surface area contributed by atoms with Crippen molar-refractivity contribution in [1.82, 2.24) is 25.1 Å². The molecule has 6 nitrogen and oxygen atoms in total. The fraction of sp³-hybridized carbons (Fsp3) is 0.125. The first-order valence-corrected chi connectivity index (χ1v) is 3.95. The molecule has 68 valence electrons. The third kappa shape index (κ3) is 1.56. The molecule has 2 aromatic heterocycles. The van der Waals surface area contributed by atoms with Crippen molar-refractivity contribution in [3.63, 3.8) is 0 Å². The average molecular weight is 186 g/mol. The van der Waals surface area contributed by atoms with Gasteiger partial charge in [-0.1, -0.05) is 0 Å². The Bertz CT molecular complexity index is 454. The van der Waals surface area contributed by atoms with Gasteiger partial charge < -0.3 is 0 Å². The van der Waals surface area contributed by atoms with Crippen molar-refractivity contribution >= 4 is 0 Å². The van der Waals surface area contributed by atoms with Gasteiger partial charge in [-0.05, 0) is 6.07 Å². The zero-order valence-corrected chi connectivity index (χ0v) is 7.18. The fourth-order valence-corrected chi connectivity index (χ4v) is 0.987. The van der Waals surface area contributed by atoms with Gasteiger partial charge in [-0.2, -0.15) is 10.4 Å². The first-order valence-electron chi connectivity index (χ1n) is 3.95. The number of nitrogens with one attached hydrogen (secondary N) is 1. The molecule has 0 atom stereocenters. The van der Waals surface area contributed by atoms with E-state index in [2.05, 4.69) is 25.1 Å². The van der Waals surface area contributed by atoms with Gasteiger partial charge in [0, 0.05) is 6.20 Å². The highest BCUT2D eigenvalue weighted by atomic mass is 15.2. The van der Waals surface area contributed by atoms with Gasteiger partial charge in [0.25, 0.3) is 0 Å². The molecule has 2 aromatic rings. The number of hydrogen-bond donors (Lipinski definition) is 1. The van der Waals surface area contributed by atoms with Crippen LogP contribution in [0, 0.1) is 11.3 Å². The average Bonchev–Trinajstić information content (AvgIpc) is 2.68. The van der Waals surface area contributed by atoms with Gasteiger partial charge in [0.15, 0.2) is 5.82 Å². The van der Waals surface area contributed by atoms with Crippen molar-refractivity contribution in [2.75, 3.05) is 0 Å². The SMILES string of the molecule is N#CCc1nc(-c2ccncn2)n[nH]1. The molecule has 14 heavy (non-hydrogen) atoms. The van der Waals surface area contributed by atoms with E-state index in [-0.39, 0.29) is 6.42 Å². The Morgan fingerprint density at radius 2 is 2.43 bits per heavy atom. The van der Waals surface area contributed by atoms with Crippen LogP contribution in [0.4, 0.5) is 0 Å². The third-order valence-corrected chi connectivity index (χ3v) is 1.59. The first-order chi connectivity index (χ1) is 6.90. The van der Waals surface area contributed by atoms with E-state index in [9.17, 15) is 0 Å². The predicted molar refractivity (Wildman–Crippen MR) is 46.7 cm³/mol. The molecule has 2 rings (SSSR count). The van der Waals surface area contributed by atoms with Gasteiger partial charge in [0.1, 0.15) is 17.8 Å². The molecule has 0 radical (unpaired) electrons. The molecule has 2 heterocycles.